The number of hydrogen-bond acceptors (Lipinski definition) is 3. The van der Waals surface area contributed by atoms with Crippen molar-refractivity contribution in [2.45, 2.75) is 13.3 Å². The van der Waals surface area contributed by atoms with E-state index >= 15 is 0 Å². The molecule has 86 valence electrons. The summed E-state index contributed by atoms with van der Waals surface area (Å²) in [6.45, 7) is 9.57. The van der Waals surface area contributed by atoms with E-state index in [-0.39, 0.29) is 5.91 Å². The van der Waals surface area contributed by atoms with Crippen LogP contribution in [-0.4, -0.2) is 48.5 Å². The molecular weight excluding hydrogens is 208 g/mol. The summed E-state index contributed by atoms with van der Waals surface area (Å²) in [5, 5.41) is 2.85. The number of carbonyl (C=O) groups excluding carboxylic acids is 1. The van der Waals surface area contributed by atoms with Gasteiger partial charge >= 0.3 is 0 Å². The van der Waals surface area contributed by atoms with Gasteiger partial charge in [-0.2, -0.15) is 11.8 Å². The van der Waals surface area contributed by atoms with E-state index in [1.54, 1.807) is 6.92 Å². The number of amides is 1. The van der Waals surface area contributed by atoms with Gasteiger partial charge in [0.15, 0.2) is 0 Å². The van der Waals surface area contributed by atoms with Gasteiger partial charge in [-0.25, -0.2) is 0 Å². The van der Waals surface area contributed by atoms with Gasteiger partial charge in [0, 0.05) is 36.7 Å². The van der Waals surface area contributed by atoms with Crippen molar-refractivity contribution in [1.29, 1.82) is 0 Å². The van der Waals surface area contributed by atoms with Gasteiger partial charge < -0.3 is 10.2 Å². The van der Waals surface area contributed by atoms with Crippen LogP contribution >= 0.6 is 11.8 Å². The number of thioether (sulfide) groups is 1. The van der Waals surface area contributed by atoms with Crippen LogP contribution in [0.2, 0.25) is 0 Å². The van der Waals surface area contributed by atoms with Crippen LogP contribution in [0.15, 0.2) is 12.2 Å². The summed E-state index contributed by atoms with van der Waals surface area (Å²) in [6.07, 6.45) is 1.03. The Morgan fingerprint density at radius 3 is 2.73 bits per heavy atom. The van der Waals surface area contributed by atoms with Gasteiger partial charge in [-0.15, -0.1) is 0 Å². The zero-order valence-electron chi connectivity index (χ0n) is 9.42. The van der Waals surface area contributed by atoms with Gasteiger partial charge in [0.25, 0.3) is 0 Å². The fourth-order valence-corrected chi connectivity index (χ4v) is 2.46. The first-order valence-corrected chi connectivity index (χ1v) is 6.59. The number of nitrogens with zero attached hydrogens (tertiary/aromatic N) is 1. The Morgan fingerprint density at radius 2 is 2.13 bits per heavy atom. The van der Waals surface area contributed by atoms with Crippen molar-refractivity contribution in [2.75, 3.05) is 37.7 Å². The smallest absolute Gasteiger partial charge is 0.246 e. The highest BCUT2D eigenvalue weighted by Crippen LogP contribution is 2.08. The zero-order chi connectivity index (χ0) is 11.1. The lowest BCUT2D eigenvalue weighted by Crippen LogP contribution is -2.35. The molecule has 15 heavy (non-hydrogen) atoms. The molecule has 0 radical (unpaired) electrons. The number of carbonyl (C=O) groups is 1. The maximum atomic E-state index is 11.2. The van der Waals surface area contributed by atoms with Crippen LogP contribution in [0.5, 0.6) is 0 Å². The summed E-state index contributed by atoms with van der Waals surface area (Å²) < 4.78 is 0. The van der Waals surface area contributed by atoms with Crippen molar-refractivity contribution in [3.8, 4) is 0 Å². The van der Waals surface area contributed by atoms with Crippen LogP contribution < -0.4 is 5.32 Å². The van der Waals surface area contributed by atoms with Crippen molar-refractivity contribution >= 4 is 17.7 Å². The highest BCUT2D eigenvalue weighted by Gasteiger charge is 2.09. The molecule has 0 unspecified atom stereocenters. The first-order valence-electron chi connectivity index (χ1n) is 5.44. The molecule has 0 aromatic carbocycles. The van der Waals surface area contributed by atoms with E-state index in [9.17, 15) is 4.79 Å². The summed E-state index contributed by atoms with van der Waals surface area (Å²) in [4.78, 5) is 13.6. The summed E-state index contributed by atoms with van der Waals surface area (Å²) in [6, 6.07) is 0. The molecule has 0 spiro atoms. The SMILES string of the molecule is C=C(C)C(=O)NCCCN1CCSCC1. The van der Waals surface area contributed by atoms with E-state index in [1.165, 1.54) is 24.6 Å². The van der Waals surface area contributed by atoms with E-state index in [4.69, 9.17) is 0 Å². The third kappa shape index (κ3) is 5.23. The molecule has 0 aromatic heterocycles. The molecule has 1 N–H and O–H groups in total. The van der Waals surface area contributed by atoms with Gasteiger partial charge in [-0.1, -0.05) is 6.58 Å². The van der Waals surface area contributed by atoms with E-state index < -0.39 is 0 Å². The lowest BCUT2D eigenvalue weighted by Gasteiger charge is -2.25. The molecule has 0 saturated carbocycles. The molecule has 4 heteroatoms. The number of nitrogens with one attached hydrogen (secondary N) is 1. The average Bonchev–Trinajstić information content (AvgIpc) is 2.25. The van der Waals surface area contributed by atoms with Crippen molar-refractivity contribution < 1.29 is 4.79 Å². The predicted octanol–water partition coefficient (Wildman–Crippen LogP) is 1.12. The van der Waals surface area contributed by atoms with Crippen LogP contribution in [0.4, 0.5) is 0 Å². The summed E-state index contributed by atoms with van der Waals surface area (Å²) >= 11 is 2.02. The molecule has 1 fully saturated rings. The van der Waals surface area contributed by atoms with Gasteiger partial charge in [0.05, 0.1) is 0 Å². The standard InChI is InChI=1S/C11H20N2OS/c1-10(2)11(14)12-4-3-5-13-6-8-15-9-7-13/h1,3-9H2,2H3,(H,12,14). The fourth-order valence-electron chi connectivity index (χ4n) is 1.48. The Morgan fingerprint density at radius 1 is 1.47 bits per heavy atom. The molecule has 0 aromatic rings. The van der Waals surface area contributed by atoms with Gasteiger partial charge in [-0.05, 0) is 19.9 Å². The van der Waals surface area contributed by atoms with E-state index in [0.717, 1.165) is 19.5 Å². The first-order chi connectivity index (χ1) is 7.20. The molecule has 0 aliphatic carbocycles. The minimum atomic E-state index is -0.0239. The second kappa shape index (κ2) is 6.90. The Hall–Kier alpha value is -0.480. The molecule has 0 atom stereocenters. The average molecular weight is 228 g/mol. The Kier molecular flexibility index (Phi) is 5.79. The van der Waals surface area contributed by atoms with Crippen LogP contribution in [0, 0.1) is 0 Å². The predicted molar refractivity (Wildman–Crippen MR) is 66.2 cm³/mol. The minimum Gasteiger partial charge on any atom is -0.352 e. The van der Waals surface area contributed by atoms with Crippen molar-refractivity contribution in [3.05, 3.63) is 12.2 Å². The van der Waals surface area contributed by atoms with Gasteiger partial charge in [0.2, 0.25) is 5.91 Å². The molecule has 1 aliphatic rings. The molecule has 0 bridgehead atoms. The molecule has 1 amide bonds. The molecule has 1 rings (SSSR count). The molecule has 1 aliphatic heterocycles. The fraction of sp³-hybridized carbons (Fsp3) is 0.727. The maximum Gasteiger partial charge on any atom is 0.246 e. The highest BCUT2D eigenvalue weighted by atomic mass is 32.2. The van der Waals surface area contributed by atoms with E-state index in [1.807, 2.05) is 11.8 Å². The number of rotatable bonds is 5. The van der Waals surface area contributed by atoms with Gasteiger partial charge in [-0.3, -0.25) is 4.79 Å². The second-order valence-corrected chi connectivity index (χ2v) is 5.07. The second-order valence-electron chi connectivity index (χ2n) is 3.84. The monoisotopic (exact) mass is 228 g/mol. The van der Waals surface area contributed by atoms with E-state index in [2.05, 4.69) is 16.8 Å². The zero-order valence-corrected chi connectivity index (χ0v) is 10.2. The lowest BCUT2D eigenvalue weighted by atomic mass is 10.3. The van der Waals surface area contributed by atoms with Crippen LogP contribution in [0.25, 0.3) is 0 Å². The van der Waals surface area contributed by atoms with Crippen molar-refractivity contribution in [1.82, 2.24) is 10.2 Å². The third-order valence-corrected chi connectivity index (χ3v) is 3.37. The van der Waals surface area contributed by atoms with Gasteiger partial charge in [0.1, 0.15) is 0 Å². The first kappa shape index (κ1) is 12.6. The van der Waals surface area contributed by atoms with Crippen LogP contribution in [0.3, 0.4) is 0 Å². The lowest BCUT2D eigenvalue weighted by molar-refractivity contribution is -0.117. The maximum absolute atomic E-state index is 11.2. The van der Waals surface area contributed by atoms with Crippen LogP contribution in [-0.2, 0) is 4.79 Å². The highest BCUT2D eigenvalue weighted by molar-refractivity contribution is 7.99. The quantitative estimate of drug-likeness (QED) is 0.565. The molecular formula is C11H20N2OS. The normalized spacial score (nSPS) is 17.4. The molecule has 1 heterocycles. The summed E-state index contributed by atoms with van der Waals surface area (Å²) in [5.41, 5.74) is 0.587. The third-order valence-electron chi connectivity index (χ3n) is 2.43. The summed E-state index contributed by atoms with van der Waals surface area (Å²) in [5.74, 6) is 2.47. The number of hydrogen-bond donors (Lipinski definition) is 1. The molecule has 1 saturated heterocycles. The minimum absolute atomic E-state index is 0.0239. The summed E-state index contributed by atoms with van der Waals surface area (Å²) in [7, 11) is 0. The molecule has 3 nitrogen and oxygen atoms in total. The Balaban J connectivity index is 2.01. The van der Waals surface area contributed by atoms with Crippen molar-refractivity contribution in [2.24, 2.45) is 0 Å². The van der Waals surface area contributed by atoms with Crippen LogP contribution in [0.1, 0.15) is 13.3 Å². The topological polar surface area (TPSA) is 32.3 Å². The Bertz CT molecular complexity index is 225. The Labute approximate surface area is 96.3 Å². The van der Waals surface area contributed by atoms with E-state index in [0.29, 0.717) is 5.57 Å². The largest absolute Gasteiger partial charge is 0.352 e. The van der Waals surface area contributed by atoms with Crippen molar-refractivity contribution in [3.63, 3.8) is 0 Å².